The highest BCUT2D eigenvalue weighted by Crippen LogP contribution is 2.51. The van der Waals surface area contributed by atoms with Crippen molar-refractivity contribution in [1.82, 2.24) is 4.57 Å². The van der Waals surface area contributed by atoms with Gasteiger partial charge < -0.3 is 10.3 Å². The van der Waals surface area contributed by atoms with Crippen LogP contribution in [0.4, 0.5) is 5.82 Å². The number of aromatic nitrogens is 1. The number of hydrogen-bond acceptors (Lipinski definition) is 2. The third kappa shape index (κ3) is 1.93. The normalized spacial score (nSPS) is 16.8. The van der Waals surface area contributed by atoms with Gasteiger partial charge in [0, 0.05) is 12.2 Å². The summed E-state index contributed by atoms with van der Waals surface area (Å²) in [5, 5.41) is 9.11. The van der Waals surface area contributed by atoms with Gasteiger partial charge in [-0.1, -0.05) is 13.3 Å². The molecule has 0 amide bonds. The zero-order valence-electron chi connectivity index (χ0n) is 11.0. The molecule has 2 N–H and O–H groups in total. The first-order chi connectivity index (χ1) is 8.04. The van der Waals surface area contributed by atoms with Crippen LogP contribution in [0.1, 0.15) is 49.4 Å². The molecule has 1 heterocycles. The molecule has 1 aliphatic rings. The topological polar surface area (TPSA) is 54.7 Å². The van der Waals surface area contributed by atoms with Crippen molar-refractivity contribution in [3.05, 3.63) is 16.8 Å². The van der Waals surface area contributed by atoms with E-state index in [2.05, 4.69) is 24.5 Å². The van der Waals surface area contributed by atoms with Gasteiger partial charge in [0.05, 0.1) is 5.56 Å². The number of anilines is 1. The summed E-state index contributed by atoms with van der Waals surface area (Å²) in [5.74, 6) is 0.657. The van der Waals surface area contributed by atoms with Crippen molar-refractivity contribution >= 4 is 5.82 Å². The Morgan fingerprint density at radius 1 is 1.41 bits per heavy atom. The van der Waals surface area contributed by atoms with Gasteiger partial charge >= 0.3 is 0 Å². The second kappa shape index (κ2) is 4.10. The first kappa shape index (κ1) is 12.0. The number of nitriles is 1. The van der Waals surface area contributed by atoms with E-state index in [-0.39, 0.29) is 0 Å². The molecule has 17 heavy (non-hydrogen) atoms. The summed E-state index contributed by atoms with van der Waals surface area (Å²) in [7, 11) is 0. The summed E-state index contributed by atoms with van der Waals surface area (Å²) in [6.45, 7) is 7.27. The maximum atomic E-state index is 9.11. The highest BCUT2D eigenvalue weighted by Gasteiger charge is 2.42. The predicted molar refractivity (Wildman–Crippen MR) is 69.6 cm³/mol. The molecular weight excluding hydrogens is 210 g/mol. The van der Waals surface area contributed by atoms with Gasteiger partial charge in [-0.3, -0.25) is 0 Å². The van der Waals surface area contributed by atoms with Gasteiger partial charge in [-0.2, -0.15) is 5.26 Å². The van der Waals surface area contributed by atoms with E-state index in [0.717, 1.165) is 17.8 Å². The van der Waals surface area contributed by atoms with Gasteiger partial charge in [-0.15, -0.1) is 0 Å². The van der Waals surface area contributed by atoms with Crippen LogP contribution in [-0.4, -0.2) is 4.57 Å². The minimum Gasteiger partial charge on any atom is -0.384 e. The lowest BCUT2D eigenvalue weighted by atomic mass is 10.0. The van der Waals surface area contributed by atoms with Crippen LogP contribution in [0.25, 0.3) is 0 Å². The summed E-state index contributed by atoms with van der Waals surface area (Å²) < 4.78 is 2.15. The van der Waals surface area contributed by atoms with Crippen molar-refractivity contribution in [2.75, 3.05) is 5.73 Å². The van der Waals surface area contributed by atoms with E-state index in [0.29, 0.717) is 16.8 Å². The van der Waals surface area contributed by atoms with Gasteiger partial charge in [0.2, 0.25) is 0 Å². The molecule has 1 saturated carbocycles. The van der Waals surface area contributed by atoms with Crippen LogP contribution in [0.5, 0.6) is 0 Å². The lowest BCUT2D eigenvalue weighted by Gasteiger charge is -2.18. The summed E-state index contributed by atoms with van der Waals surface area (Å²) in [5.41, 5.74) is 9.41. The Bertz CT molecular complexity index is 473. The average molecular weight is 231 g/mol. The number of nitrogen functional groups attached to an aromatic ring is 1. The average Bonchev–Trinajstić information content (AvgIpc) is 3.02. The van der Waals surface area contributed by atoms with Gasteiger partial charge in [-0.05, 0) is 44.1 Å². The van der Waals surface area contributed by atoms with Crippen LogP contribution in [0, 0.1) is 30.6 Å². The number of rotatable bonds is 4. The van der Waals surface area contributed by atoms with Crippen LogP contribution >= 0.6 is 0 Å². The van der Waals surface area contributed by atoms with Crippen LogP contribution < -0.4 is 5.73 Å². The first-order valence-electron chi connectivity index (χ1n) is 6.40. The van der Waals surface area contributed by atoms with E-state index in [1.807, 2.05) is 6.92 Å². The van der Waals surface area contributed by atoms with Gasteiger partial charge in [0.25, 0.3) is 0 Å². The third-order valence-corrected chi connectivity index (χ3v) is 4.21. The smallest absolute Gasteiger partial charge is 0.122 e. The molecule has 0 bridgehead atoms. The Balaban J connectivity index is 2.31. The second-order valence-corrected chi connectivity index (χ2v) is 5.42. The fourth-order valence-electron chi connectivity index (χ4n) is 2.77. The largest absolute Gasteiger partial charge is 0.384 e. The molecule has 1 aliphatic carbocycles. The molecule has 1 fully saturated rings. The molecule has 3 heteroatoms. The van der Waals surface area contributed by atoms with Crippen molar-refractivity contribution in [1.29, 1.82) is 5.26 Å². The Labute approximate surface area is 103 Å². The van der Waals surface area contributed by atoms with E-state index >= 15 is 0 Å². The maximum Gasteiger partial charge on any atom is 0.122 e. The molecule has 1 aromatic rings. The summed E-state index contributed by atoms with van der Waals surface area (Å²) >= 11 is 0. The Morgan fingerprint density at radius 3 is 2.47 bits per heavy atom. The Kier molecular flexibility index (Phi) is 2.91. The fraction of sp³-hybridized carbons (Fsp3) is 0.643. The molecule has 92 valence electrons. The molecule has 0 aromatic carbocycles. The van der Waals surface area contributed by atoms with Crippen molar-refractivity contribution in [2.45, 2.75) is 53.0 Å². The van der Waals surface area contributed by atoms with Crippen molar-refractivity contribution < 1.29 is 0 Å². The quantitative estimate of drug-likeness (QED) is 0.865. The van der Waals surface area contributed by atoms with Gasteiger partial charge in [0.15, 0.2) is 0 Å². The molecular formula is C14H21N3. The van der Waals surface area contributed by atoms with Gasteiger partial charge in [-0.25, -0.2) is 0 Å². The molecule has 0 aliphatic heterocycles. The van der Waals surface area contributed by atoms with E-state index in [9.17, 15) is 0 Å². The zero-order valence-corrected chi connectivity index (χ0v) is 11.0. The molecule has 3 nitrogen and oxygen atoms in total. The molecule has 0 radical (unpaired) electrons. The van der Waals surface area contributed by atoms with Crippen molar-refractivity contribution in [3.8, 4) is 6.07 Å². The number of nitrogens with zero attached hydrogens (tertiary/aromatic N) is 2. The fourth-order valence-corrected chi connectivity index (χ4v) is 2.77. The van der Waals surface area contributed by atoms with Crippen LogP contribution in [-0.2, 0) is 6.54 Å². The van der Waals surface area contributed by atoms with Crippen molar-refractivity contribution in [2.24, 2.45) is 5.41 Å². The highest BCUT2D eigenvalue weighted by atomic mass is 15.1. The minimum atomic E-state index is 0.464. The molecule has 0 spiro atoms. The molecule has 0 atom stereocenters. The van der Waals surface area contributed by atoms with E-state index in [4.69, 9.17) is 11.0 Å². The number of hydrogen-bond donors (Lipinski definition) is 1. The minimum absolute atomic E-state index is 0.464. The molecule has 1 aromatic heterocycles. The Hall–Kier alpha value is -1.43. The second-order valence-electron chi connectivity index (χ2n) is 5.42. The summed E-state index contributed by atoms with van der Waals surface area (Å²) in [6.07, 6.45) is 5.10. The maximum absolute atomic E-state index is 9.11. The lowest BCUT2D eigenvalue weighted by Crippen LogP contribution is -2.15. The first-order valence-corrected chi connectivity index (χ1v) is 6.40. The molecule has 2 rings (SSSR count). The monoisotopic (exact) mass is 231 g/mol. The van der Waals surface area contributed by atoms with Crippen molar-refractivity contribution in [3.63, 3.8) is 0 Å². The highest BCUT2D eigenvalue weighted by molar-refractivity contribution is 5.57. The van der Waals surface area contributed by atoms with Crippen LogP contribution in [0.3, 0.4) is 0 Å². The van der Waals surface area contributed by atoms with E-state index in [1.165, 1.54) is 25.7 Å². The lowest BCUT2D eigenvalue weighted by molar-refractivity contribution is 0.388. The van der Waals surface area contributed by atoms with Crippen LogP contribution in [0.2, 0.25) is 0 Å². The van der Waals surface area contributed by atoms with Gasteiger partial charge in [0.1, 0.15) is 11.9 Å². The molecule has 0 unspecified atom stereocenters. The zero-order chi connectivity index (χ0) is 12.6. The SMILES string of the molecule is CCCC1(Cn2c(C)c(C)c(C#N)c2N)CC1. The third-order valence-electron chi connectivity index (χ3n) is 4.21. The predicted octanol–water partition coefficient (Wildman–Crippen LogP) is 3.14. The van der Waals surface area contributed by atoms with E-state index < -0.39 is 0 Å². The molecule has 0 saturated heterocycles. The summed E-state index contributed by atoms with van der Waals surface area (Å²) in [4.78, 5) is 0. The Morgan fingerprint density at radius 2 is 2.06 bits per heavy atom. The van der Waals surface area contributed by atoms with E-state index in [1.54, 1.807) is 0 Å². The number of nitrogens with two attached hydrogens (primary N) is 1. The van der Waals surface area contributed by atoms with Crippen LogP contribution in [0.15, 0.2) is 0 Å². The standard InChI is InChI=1S/C14H21N3/c1-4-5-14(6-7-14)9-17-11(3)10(2)12(8-15)13(17)16/h4-7,9,16H2,1-3H3. The summed E-state index contributed by atoms with van der Waals surface area (Å²) in [6, 6.07) is 2.22.